The minimum atomic E-state index is -0.688. The Hall–Kier alpha value is -4.23. The first-order chi connectivity index (χ1) is 19.9. The number of rotatable bonds is 9. The summed E-state index contributed by atoms with van der Waals surface area (Å²) < 4.78 is 17.0. The quantitative estimate of drug-likeness (QED) is 0.225. The van der Waals surface area contributed by atoms with Crippen LogP contribution in [0.3, 0.4) is 0 Å². The maximum atomic E-state index is 13.8. The Morgan fingerprint density at radius 2 is 1.71 bits per heavy atom. The van der Waals surface area contributed by atoms with Gasteiger partial charge in [0.1, 0.15) is 19.0 Å². The number of Topliss-reactive ketones (excluding diaryl/α,β-unsaturated/α-hetero) is 1. The highest BCUT2D eigenvalue weighted by molar-refractivity contribution is 6.30. The molecule has 2 atom stereocenters. The Morgan fingerprint density at radius 3 is 2.44 bits per heavy atom. The first-order valence-electron chi connectivity index (χ1n) is 13.7. The number of phenolic OH excluding ortho intramolecular Hbond substituents is 1. The van der Waals surface area contributed by atoms with Gasteiger partial charge in [0.05, 0.1) is 12.2 Å². The topological polar surface area (TPSA) is 94.1 Å². The van der Waals surface area contributed by atoms with Gasteiger partial charge in [0, 0.05) is 34.3 Å². The average Bonchev–Trinajstić information content (AvgIpc) is 2.96. The highest BCUT2D eigenvalue weighted by Gasteiger charge is 2.41. The number of ether oxygens (including phenoxy) is 3. The second-order valence-corrected chi connectivity index (χ2v) is 10.5. The van der Waals surface area contributed by atoms with Gasteiger partial charge in [-0.2, -0.15) is 0 Å². The molecular weight excluding hydrogens is 542 g/mol. The zero-order valence-corrected chi connectivity index (χ0v) is 23.7. The number of phenols is 1. The lowest BCUT2D eigenvalue weighted by Gasteiger charge is -2.36. The zero-order chi connectivity index (χ0) is 28.9. The van der Waals surface area contributed by atoms with E-state index in [1.54, 1.807) is 12.1 Å². The van der Waals surface area contributed by atoms with E-state index >= 15 is 0 Å². The van der Waals surface area contributed by atoms with Crippen molar-refractivity contribution in [3.8, 4) is 17.2 Å². The van der Waals surface area contributed by atoms with Gasteiger partial charge in [0.15, 0.2) is 17.3 Å². The van der Waals surface area contributed by atoms with Gasteiger partial charge in [-0.05, 0) is 73.7 Å². The van der Waals surface area contributed by atoms with E-state index in [9.17, 15) is 14.7 Å². The molecule has 0 saturated carbocycles. The van der Waals surface area contributed by atoms with E-state index in [0.717, 1.165) is 11.3 Å². The number of nitrogens with one attached hydrogen (secondary N) is 1. The third kappa shape index (κ3) is 6.25. The van der Waals surface area contributed by atoms with Crippen molar-refractivity contribution in [1.29, 1.82) is 0 Å². The summed E-state index contributed by atoms with van der Waals surface area (Å²) in [5, 5.41) is 14.3. The van der Waals surface area contributed by atoms with Crippen LogP contribution >= 0.6 is 11.6 Å². The summed E-state index contributed by atoms with van der Waals surface area (Å²) in [5.74, 6) is -0.355. The number of carbonyl (C=O) groups is 2. The van der Waals surface area contributed by atoms with Crippen molar-refractivity contribution in [2.75, 3.05) is 19.8 Å². The van der Waals surface area contributed by atoms with Crippen LogP contribution < -0.4 is 14.8 Å². The van der Waals surface area contributed by atoms with Gasteiger partial charge in [-0.15, -0.1) is 0 Å². The number of esters is 1. The van der Waals surface area contributed by atoms with E-state index < -0.39 is 11.9 Å². The van der Waals surface area contributed by atoms with Gasteiger partial charge in [-0.1, -0.05) is 48.0 Å². The van der Waals surface area contributed by atoms with Crippen LogP contribution in [0.4, 0.5) is 0 Å². The number of benzene rings is 3. The fourth-order valence-corrected chi connectivity index (χ4v) is 5.61. The van der Waals surface area contributed by atoms with E-state index in [1.165, 1.54) is 6.07 Å². The Labute approximate surface area is 244 Å². The molecule has 0 saturated heterocycles. The highest BCUT2D eigenvalue weighted by Crippen LogP contribution is 2.47. The van der Waals surface area contributed by atoms with Crippen LogP contribution in [0.1, 0.15) is 49.7 Å². The van der Waals surface area contributed by atoms with Crippen LogP contribution in [0.15, 0.2) is 95.3 Å². The predicted octanol–water partition coefficient (Wildman–Crippen LogP) is 6.43. The fraction of sp³-hybridized carbons (Fsp3) is 0.273. The average molecular weight is 574 g/mol. The second kappa shape index (κ2) is 12.5. The van der Waals surface area contributed by atoms with E-state index in [0.29, 0.717) is 52.6 Å². The van der Waals surface area contributed by atoms with Gasteiger partial charge in [-0.3, -0.25) is 4.79 Å². The van der Waals surface area contributed by atoms with Crippen molar-refractivity contribution < 1.29 is 28.9 Å². The number of hydrogen-bond acceptors (Lipinski definition) is 7. The van der Waals surface area contributed by atoms with E-state index in [2.05, 4.69) is 5.32 Å². The number of halogens is 1. The fourth-order valence-electron chi connectivity index (χ4n) is 5.48. The zero-order valence-electron chi connectivity index (χ0n) is 23.0. The first-order valence-corrected chi connectivity index (χ1v) is 14.0. The molecule has 2 N–H and O–H groups in total. The number of para-hydroxylation sites is 1. The molecule has 212 valence electrons. The molecule has 0 aromatic heterocycles. The standard InChI is InChI=1S/C33H32ClNO6/c1-3-39-29-19-22(11-14-27(29)36)31-30(33(38)41-16-15-40-25-7-5-4-6-8-25)20(2)35-26-17-23(18-28(37)32(26)31)21-9-12-24(34)13-10-21/h4-14,19,23,31,35-36H,3,15-18H2,1-2H3/t23-,31-/m1/s1. The van der Waals surface area contributed by atoms with Crippen LogP contribution in [0.5, 0.6) is 17.2 Å². The number of hydrogen-bond donors (Lipinski definition) is 2. The van der Waals surface area contributed by atoms with Crippen LogP contribution in [0, 0.1) is 0 Å². The molecule has 1 heterocycles. The summed E-state index contributed by atoms with van der Waals surface area (Å²) >= 11 is 6.09. The summed E-state index contributed by atoms with van der Waals surface area (Å²) in [6, 6.07) is 21.8. The van der Waals surface area contributed by atoms with Crippen LogP contribution in [0.25, 0.3) is 0 Å². The van der Waals surface area contributed by atoms with Crippen molar-refractivity contribution >= 4 is 23.4 Å². The largest absolute Gasteiger partial charge is 0.504 e. The van der Waals surface area contributed by atoms with Crippen LogP contribution in [0.2, 0.25) is 5.02 Å². The Morgan fingerprint density at radius 1 is 0.976 bits per heavy atom. The van der Waals surface area contributed by atoms with Crippen molar-refractivity contribution in [1.82, 2.24) is 5.32 Å². The summed E-state index contributed by atoms with van der Waals surface area (Å²) in [6.07, 6.45) is 0.890. The number of carbonyl (C=O) groups excluding carboxylic acids is 2. The Bertz CT molecular complexity index is 1500. The van der Waals surface area contributed by atoms with Crippen molar-refractivity contribution in [3.05, 3.63) is 111 Å². The lowest BCUT2D eigenvalue weighted by atomic mass is 9.71. The van der Waals surface area contributed by atoms with E-state index in [-0.39, 0.29) is 36.4 Å². The summed E-state index contributed by atoms with van der Waals surface area (Å²) in [7, 11) is 0. The minimum absolute atomic E-state index is 0.0144. The molecule has 0 bridgehead atoms. The van der Waals surface area contributed by atoms with E-state index in [1.807, 2.05) is 68.4 Å². The molecule has 1 aliphatic carbocycles. The van der Waals surface area contributed by atoms with E-state index in [4.69, 9.17) is 25.8 Å². The lowest BCUT2D eigenvalue weighted by Crippen LogP contribution is -2.36. The summed E-state index contributed by atoms with van der Waals surface area (Å²) in [4.78, 5) is 27.4. The SMILES string of the molecule is CCOc1cc([C@@H]2C(C(=O)OCCOc3ccccc3)=C(C)NC3=C2C(=O)C[C@H](c2ccc(Cl)cc2)C3)ccc1O. The van der Waals surface area contributed by atoms with Crippen LogP contribution in [-0.2, 0) is 14.3 Å². The molecule has 0 spiro atoms. The van der Waals surface area contributed by atoms with Gasteiger partial charge in [0.25, 0.3) is 0 Å². The van der Waals surface area contributed by atoms with Gasteiger partial charge in [-0.25, -0.2) is 4.79 Å². The molecule has 0 amide bonds. The van der Waals surface area contributed by atoms with Crippen molar-refractivity contribution in [3.63, 3.8) is 0 Å². The molecule has 0 unspecified atom stereocenters. The molecule has 8 heteroatoms. The molecule has 0 radical (unpaired) electrons. The molecule has 5 rings (SSSR count). The summed E-state index contributed by atoms with van der Waals surface area (Å²) in [6.45, 7) is 4.21. The monoisotopic (exact) mass is 573 g/mol. The molecular formula is C33H32ClNO6. The Kier molecular flexibility index (Phi) is 8.64. The Balaban J connectivity index is 1.46. The smallest absolute Gasteiger partial charge is 0.336 e. The first kappa shape index (κ1) is 28.3. The summed E-state index contributed by atoms with van der Waals surface area (Å²) in [5.41, 5.74) is 3.94. The van der Waals surface area contributed by atoms with Gasteiger partial charge >= 0.3 is 5.97 Å². The number of allylic oxidation sites excluding steroid dienone is 3. The van der Waals surface area contributed by atoms with Gasteiger partial charge in [0.2, 0.25) is 0 Å². The minimum Gasteiger partial charge on any atom is -0.504 e. The molecule has 0 fully saturated rings. The third-order valence-electron chi connectivity index (χ3n) is 7.33. The lowest BCUT2D eigenvalue weighted by molar-refractivity contribution is -0.140. The second-order valence-electron chi connectivity index (χ2n) is 10.0. The molecule has 1 aliphatic heterocycles. The number of ketones is 1. The van der Waals surface area contributed by atoms with Crippen molar-refractivity contribution in [2.45, 2.75) is 38.5 Å². The third-order valence-corrected chi connectivity index (χ3v) is 7.59. The normalized spacial score (nSPS) is 18.5. The molecule has 2 aliphatic rings. The maximum Gasteiger partial charge on any atom is 0.336 e. The molecule has 3 aromatic carbocycles. The molecule has 3 aromatic rings. The maximum absolute atomic E-state index is 13.8. The van der Waals surface area contributed by atoms with Gasteiger partial charge < -0.3 is 24.6 Å². The number of aromatic hydroxyl groups is 1. The van der Waals surface area contributed by atoms with Crippen molar-refractivity contribution in [2.24, 2.45) is 0 Å². The highest BCUT2D eigenvalue weighted by atomic mass is 35.5. The number of dihydropyridines is 1. The predicted molar refractivity (Wildman–Crippen MR) is 156 cm³/mol. The van der Waals surface area contributed by atoms with Crippen LogP contribution in [-0.4, -0.2) is 36.7 Å². The molecule has 41 heavy (non-hydrogen) atoms. The molecule has 7 nitrogen and oxygen atoms in total.